The molecular weight excluding hydrogens is 505 g/mol. The number of nitrogens with zero attached hydrogens (tertiary/aromatic N) is 4. The molecule has 1 N–H and O–H groups in total. The molecule has 2 aromatic carbocycles. The van der Waals surface area contributed by atoms with Gasteiger partial charge in [-0.25, -0.2) is 4.98 Å². The molecule has 2 aliphatic heterocycles. The molecule has 1 aromatic heterocycles. The van der Waals surface area contributed by atoms with Crippen LogP contribution < -0.4 is 4.90 Å². The summed E-state index contributed by atoms with van der Waals surface area (Å²) in [5.41, 5.74) is 4.28. The number of anilines is 1. The predicted molar refractivity (Wildman–Crippen MR) is 145 cm³/mol. The van der Waals surface area contributed by atoms with E-state index in [9.17, 15) is 23.1 Å². The largest absolute Gasteiger partial charge is 0.481 e. The molecule has 39 heavy (non-hydrogen) atoms. The number of halogens is 3. The zero-order valence-corrected chi connectivity index (χ0v) is 21.5. The van der Waals surface area contributed by atoms with Crippen molar-refractivity contribution in [3.05, 3.63) is 77.7 Å². The number of hydrogen-bond acceptors (Lipinski definition) is 5. The minimum atomic E-state index is -4.24. The van der Waals surface area contributed by atoms with Crippen molar-refractivity contribution >= 4 is 23.9 Å². The lowest BCUT2D eigenvalue weighted by Crippen LogP contribution is -2.40. The number of rotatable bonds is 7. The second kappa shape index (κ2) is 11.6. The van der Waals surface area contributed by atoms with Crippen LogP contribution in [0.25, 0.3) is 23.3 Å². The summed E-state index contributed by atoms with van der Waals surface area (Å²) in [6, 6.07) is 14.2. The third-order valence-corrected chi connectivity index (χ3v) is 7.60. The van der Waals surface area contributed by atoms with Crippen LogP contribution in [0.5, 0.6) is 0 Å². The number of carboxylic acids is 1. The third kappa shape index (κ3) is 6.47. The van der Waals surface area contributed by atoms with Crippen LogP contribution in [0.4, 0.5) is 19.0 Å². The summed E-state index contributed by atoms with van der Waals surface area (Å²) >= 11 is 0. The van der Waals surface area contributed by atoms with E-state index in [1.807, 2.05) is 65.6 Å². The van der Waals surface area contributed by atoms with Gasteiger partial charge in [0.25, 0.3) is 0 Å². The van der Waals surface area contributed by atoms with Gasteiger partial charge in [-0.2, -0.15) is 13.2 Å². The summed E-state index contributed by atoms with van der Waals surface area (Å²) < 4.78 is 40.9. The highest BCUT2D eigenvalue weighted by Crippen LogP contribution is 2.35. The molecule has 9 heteroatoms. The molecule has 0 aliphatic carbocycles. The molecule has 0 radical (unpaired) electrons. The summed E-state index contributed by atoms with van der Waals surface area (Å²) in [5.74, 6) is -0.337. The first kappa shape index (κ1) is 26.9. The molecule has 0 unspecified atom stereocenters. The second-order valence-electron chi connectivity index (χ2n) is 10.2. The number of alkyl halides is 3. The molecule has 0 amide bonds. The predicted octanol–water partition coefficient (Wildman–Crippen LogP) is 6.14. The van der Waals surface area contributed by atoms with Gasteiger partial charge in [-0.15, -0.1) is 0 Å². The quantitative estimate of drug-likeness (QED) is 0.391. The molecule has 2 fully saturated rings. The van der Waals surface area contributed by atoms with E-state index in [2.05, 4.69) is 9.97 Å². The van der Waals surface area contributed by atoms with Crippen LogP contribution in [-0.4, -0.2) is 57.8 Å². The summed E-state index contributed by atoms with van der Waals surface area (Å²) in [7, 11) is 0. The van der Waals surface area contributed by atoms with Crippen LogP contribution in [-0.2, 0) is 11.3 Å². The van der Waals surface area contributed by atoms with Gasteiger partial charge in [-0.05, 0) is 66.6 Å². The summed E-state index contributed by atoms with van der Waals surface area (Å²) in [6.45, 7) is 1.91. The average molecular weight is 537 g/mol. The number of hydrogen-bond donors (Lipinski definition) is 1. The molecule has 3 aromatic rings. The van der Waals surface area contributed by atoms with Gasteiger partial charge in [0.1, 0.15) is 11.9 Å². The Balaban J connectivity index is 1.33. The van der Waals surface area contributed by atoms with Crippen LogP contribution in [0, 0.1) is 5.92 Å². The van der Waals surface area contributed by atoms with Crippen molar-refractivity contribution in [2.24, 2.45) is 5.92 Å². The van der Waals surface area contributed by atoms with E-state index in [0.29, 0.717) is 44.6 Å². The van der Waals surface area contributed by atoms with Crippen LogP contribution in [0.1, 0.15) is 42.5 Å². The summed E-state index contributed by atoms with van der Waals surface area (Å²) in [6.07, 6.45) is 4.70. The maximum Gasteiger partial charge on any atom is 0.404 e. The molecule has 0 spiro atoms. The highest BCUT2D eigenvalue weighted by molar-refractivity contribution is 5.73. The van der Waals surface area contributed by atoms with Crippen LogP contribution in [0.15, 0.2) is 60.9 Å². The minimum Gasteiger partial charge on any atom is -0.481 e. The van der Waals surface area contributed by atoms with E-state index in [1.54, 1.807) is 17.3 Å². The number of aliphatic carboxylic acids is 1. The Kier molecular flexibility index (Phi) is 7.97. The van der Waals surface area contributed by atoms with E-state index in [0.717, 1.165) is 28.1 Å². The zero-order valence-electron chi connectivity index (χ0n) is 21.5. The molecule has 3 heterocycles. The highest BCUT2D eigenvalue weighted by Gasteiger charge is 2.45. The van der Waals surface area contributed by atoms with Crippen molar-refractivity contribution < 1.29 is 23.1 Å². The molecule has 2 saturated heterocycles. The van der Waals surface area contributed by atoms with Crippen molar-refractivity contribution in [2.75, 3.05) is 24.5 Å². The number of carbonyl (C=O) groups is 1. The van der Waals surface area contributed by atoms with E-state index >= 15 is 0 Å². The Morgan fingerprint density at radius 2 is 1.74 bits per heavy atom. The van der Waals surface area contributed by atoms with Crippen molar-refractivity contribution in [3.63, 3.8) is 0 Å². The van der Waals surface area contributed by atoms with E-state index < -0.39 is 18.2 Å². The minimum absolute atomic E-state index is 0.135. The molecule has 6 nitrogen and oxygen atoms in total. The number of likely N-dealkylation sites (tertiary alicyclic amines) is 1. The molecule has 1 atom stereocenters. The van der Waals surface area contributed by atoms with Gasteiger partial charge in [0, 0.05) is 19.6 Å². The average Bonchev–Trinajstić information content (AvgIpc) is 3.42. The van der Waals surface area contributed by atoms with Crippen molar-refractivity contribution in [2.45, 2.75) is 44.4 Å². The van der Waals surface area contributed by atoms with E-state index in [-0.39, 0.29) is 18.9 Å². The lowest BCUT2D eigenvalue weighted by atomic mass is 9.96. The van der Waals surface area contributed by atoms with Crippen molar-refractivity contribution in [3.8, 4) is 11.1 Å². The van der Waals surface area contributed by atoms with Gasteiger partial charge in [0.2, 0.25) is 0 Å². The Labute approximate surface area is 225 Å². The van der Waals surface area contributed by atoms with Crippen LogP contribution in [0.3, 0.4) is 0 Å². The molecular formula is C30H31F3N4O2. The molecule has 2 aliphatic rings. The molecule has 0 saturated carbocycles. The van der Waals surface area contributed by atoms with Crippen molar-refractivity contribution in [1.29, 1.82) is 0 Å². The van der Waals surface area contributed by atoms with Gasteiger partial charge in [0.05, 0.1) is 24.0 Å². The summed E-state index contributed by atoms with van der Waals surface area (Å²) in [5, 5.41) is 9.19. The first-order valence-electron chi connectivity index (χ1n) is 13.2. The normalized spacial score (nSPS) is 19.2. The lowest BCUT2D eigenvalue weighted by molar-refractivity contribution is -0.177. The Morgan fingerprint density at radius 3 is 2.41 bits per heavy atom. The van der Waals surface area contributed by atoms with Gasteiger partial charge in [-0.3, -0.25) is 14.7 Å². The number of aromatic nitrogens is 2. The zero-order chi connectivity index (χ0) is 27.4. The highest BCUT2D eigenvalue weighted by atomic mass is 19.4. The van der Waals surface area contributed by atoms with E-state index in [4.69, 9.17) is 0 Å². The Hall–Kier alpha value is -3.72. The standard InChI is InChI=1S/C30H31F3N4O2/c31-30(32,33)27-7-4-14-37(27)20-24-17-21(9-11-26(24)22-5-2-1-3-6-22)8-10-25-18-35-28(19-34-25)36-15-12-23(13-16-36)29(38)39/h1-3,5-6,8-11,17-19,23,27H,4,7,12-16,20H2,(H,38,39)/b10-8+/t27-/m0/s1. The molecule has 204 valence electrons. The van der Waals surface area contributed by atoms with Gasteiger partial charge in [0.15, 0.2) is 0 Å². The van der Waals surface area contributed by atoms with Gasteiger partial charge < -0.3 is 10.0 Å². The third-order valence-electron chi connectivity index (χ3n) is 7.60. The summed E-state index contributed by atoms with van der Waals surface area (Å²) in [4.78, 5) is 23.8. The monoisotopic (exact) mass is 536 g/mol. The number of piperidine rings is 1. The Morgan fingerprint density at radius 1 is 0.974 bits per heavy atom. The fraction of sp³-hybridized carbons (Fsp3) is 0.367. The molecule has 0 bridgehead atoms. The SMILES string of the molecule is O=C(O)C1CCN(c2cnc(/C=C/c3ccc(-c4ccccc4)c(CN4CCC[C@H]4C(F)(F)F)c3)cn2)CC1. The second-order valence-corrected chi connectivity index (χ2v) is 10.2. The smallest absolute Gasteiger partial charge is 0.404 e. The first-order chi connectivity index (χ1) is 18.8. The maximum absolute atomic E-state index is 13.6. The molecule has 5 rings (SSSR count). The maximum atomic E-state index is 13.6. The van der Waals surface area contributed by atoms with E-state index in [1.165, 1.54) is 0 Å². The van der Waals surface area contributed by atoms with Crippen LogP contribution >= 0.6 is 0 Å². The number of benzene rings is 2. The fourth-order valence-corrected chi connectivity index (χ4v) is 5.47. The van der Waals surface area contributed by atoms with Gasteiger partial charge in [-0.1, -0.05) is 48.5 Å². The number of carboxylic acid groups (broad SMARTS) is 1. The fourth-order valence-electron chi connectivity index (χ4n) is 5.47. The Bertz CT molecular complexity index is 1300. The van der Waals surface area contributed by atoms with Gasteiger partial charge >= 0.3 is 12.1 Å². The topological polar surface area (TPSA) is 69.6 Å². The first-order valence-corrected chi connectivity index (χ1v) is 13.2. The van der Waals surface area contributed by atoms with Crippen molar-refractivity contribution in [1.82, 2.24) is 14.9 Å². The lowest BCUT2D eigenvalue weighted by Gasteiger charge is -2.30. The van der Waals surface area contributed by atoms with Crippen LogP contribution in [0.2, 0.25) is 0 Å².